The maximum Gasteiger partial charge on any atom is 0.371 e. The molecule has 0 atom stereocenters. The van der Waals surface area contributed by atoms with Crippen LogP contribution >= 0.6 is 0 Å². The Kier molecular flexibility index (Phi) is 4.07. The number of nitrogens with one attached hydrogen (secondary N) is 1. The Labute approximate surface area is 92.8 Å². The Bertz CT molecular complexity index is 384. The fourth-order valence-corrected chi connectivity index (χ4v) is 1.12. The summed E-state index contributed by atoms with van der Waals surface area (Å²) in [5.41, 5.74) is 0. The van der Waals surface area contributed by atoms with E-state index in [0.29, 0.717) is 5.76 Å². The number of carbonyl (C=O) groups is 2. The number of amides is 1. The van der Waals surface area contributed by atoms with E-state index in [0.717, 1.165) is 0 Å². The Hall–Kier alpha value is -1.82. The summed E-state index contributed by atoms with van der Waals surface area (Å²) in [5.74, 6) is -0.967. The third kappa shape index (κ3) is 3.74. The third-order valence-corrected chi connectivity index (χ3v) is 1.79. The lowest BCUT2D eigenvalue weighted by Gasteiger charge is -2.08. The highest BCUT2D eigenvalue weighted by atomic mass is 16.4. The molecule has 1 amide bonds. The second-order valence-corrected chi connectivity index (χ2v) is 3.59. The minimum absolute atomic E-state index is 0.128. The molecule has 6 heteroatoms. The summed E-state index contributed by atoms with van der Waals surface area (Å²) in [7, 11) is 3.57. The number of carboxylic acids is 1. The topological polar surface area (TPSA) is 82.8 Å². The Morgan fingerprint density at radius 3 is 2.62 bits per heavy atom. The highest BCUT2D eigenvalue weighted by Gasteiger charge is 2.09. The molecule has 0 aliphatic rings. The molecular weight excluding hydrogens is 212 g/mol. The summed E-state index contributed by atoms with van der Waals surface area (Å²) in [6.07, 6.45) is 0. The summed E-state index contributed by atoms with van der Waals surface area (Å²) in [4.78, 5) is 23.5. The maximum absolute atomic E-state index is 11.3. The van der Waals surface area contributed by atoms with Crippen molar-refractivity contribution in [2.45, 2.75) is 6.54 Å². The monoisotopic (exact) mass is 226 g/mol. The lowest BCUT2D eigenvalue weighted by atomic mass is 10.4. The van der Waals surface area contributed by atoms with Gasteiger partial charge in [0.15, 0.2) is 0 Å². The van der Waals surface area contributed by atoms with Gasteiger partial charge in [-0.3, -0.25) is 4.79 Å². The van der Waals surface area contributed by atoms with Gasteiger partial charge in [-0.15, -0.1) is 0 Å². The second kappa shape index (κ2) is 5.32. The van der Waals surface area contributed by atoms with Gasteiger partial charge in [0.1, 0.15) is 5.76 Å². The van der Waals surface area contributed by atoms with Crippen LogP contribution in [-0.2, 0) is 11.3 Å². The van der Waals surface area contributed by atoms with Crippen LogP contribution in [0.2, 0.25) is 0 Å². The molecule has 2 N–H and O–H groups in total. The predicted molar refractivity (Wildman–Crippen MR) is 56.1 cm³/mol. The van der Waals surface area contributed by atoms with Gasteiger partial charge in [-0.1, -0.05) is 0 Å². The van der Waals surface area contributed by atoms with Crippen molar-refractivity contribution in [2.24, 2.45) is 0 Å². The van der Waals surface area contributed by atoms with Crippen molar-refractivity contribution in [1.29, 1.82) is 0 Å². The number of hydrogen-bond acceptors (Lipinski definition) is 4. The molecular formula is C10H14N2O4. The molecule has 1 heterocycles. The number of carbonyl (C=O) groups excluding carboxylic acids is 1. The molecule has 0 bridgehead atoms. The van der Waals surface area contributed by atoms with Gasteiger partial charge >= 0.3 is 5.97 Å². The average Bonchev–Trinajstić information content (AvgIpc) is 2.61. The largest absolute Gasteiger partial charge is 0.475 e. The van der Waals surface area contributed by atoms with Crippen LogP contribution in [0.15, 0.2) is 16.5 Å². The molecule has 0 radical (unpaired) electrons. The van der Waals surface area contributed by atoms with Crippen LogP contribution in [-0.4, -0.2) is 42.5 Å². The first kappa shape index (κ1) is 12.3. The number of aromatic carboxylic acids is 1. The van der Waals surface area contributed by atoms with Crippen LogP contribution in [0.25, 0.3) is 0 Å². The van der Waals surface area contributed by atoms with E-state index in [1.54, 1.807) is 19.0 Å². The molecule has 0 saturated carbocycles. The summed E-state index contributed by atoms with van der Waals surface area (Å²) in [6.45, 7) is 0.479. The second-order valence-electron chi connectivity index (χ2n) is 3.59. The van der Waals surface area contributed by atoms with E-state index in [1.165, 1.54) is 12.1 Å². The summed E-state index contributed by atoms with van der Waals surface area (Å²) >= 11 is 0. The van der Waals surface area contributed by atoms with Crippen LogP contribution in [0.3, 0.4) is 0 Å². The molecule has 88 valence electrons. The zero-order valence-electron chi connectivity index (χ0n) is 9.19. The number of carboxylic acid groups (broad SMARTS) is 1. The van der Waals surface area contributed by atoms with Crippen molar-refractivity contribution < 1.29 is 19.1 Å². The molecule has 1 rings (SSSR count). The normalized spacial score (nSPS) is 10.4. The molecule has 1 aromatic heterocycles. The van der Waals surface area contributed by atoms with E-state index in [-0.39, 0.29) is 24.8 Å². The van der Waals surface area contributed by atoms with Gasteiger partial charge in [0.05, 0.1) is 13.1 Å². The van der Waals surface area contributed by atoms with Gasteiger partial charge in [-0.25, -0.2) is 4.79 Å². The SMILES string of the molecule is CN(C)CC(=O)NCc1ccc(C(=O)O)o1. The molecule has 0 aliphatic carbocycles. The first-order chi connectivity index (χ1) is 7.49. The molecule has 0 saturated heterocycles. The van der Waals surface area contributed by atoms with Gasteiger partial charge < -0.3 is 19.7 Å². The van der Waals surface area contributed by atoms with Gasteiger partial charge in [-0.05, 0) is 26.2 Å². The molecule has 6 nitrogen and oxygen atoms in total. The lowest BCUT2D eigenvalue weighted by molar-refractivity contribution is -0.121. The Morgan fingerprint density at radius 1 is 1.44 bits per heavy atom. The average molecular weight is 226 g/mol. The lowest BCUT2D eigenvalue weighted by Crippen LogP contribution is -2.32. The first-order valence-electron chi connectivity index (χ1n) is 4.72. The minimum atomic E-state index is -1.12. The predicted octanol–water partition coefficient (Wildman–Crippen LogP) is 0.156. The van der Waals surface area contributed by atoms with Gasteiger partial charge in [-0.2, -0.15) is 0 Å². The van der Waals surface area contributed by atoms with Crippen molar-refractivity contribution in [3.8, 4) is 0 Å². The maximum atomic E-state index is 11.3. The quantitative estimate of drug-likeness (QED) is 0.747. The number of likely N-dealkylation sites (N-methyl/N-ethyl adjacent to an activating group) is 1. The molecule has 16 heavy (non-hydrogen) atoms. The van der Waals surface area contributed by atoms with Gasteiger partial charge in [0, 0.05) is 0 Å². The van der Waals surface area contributed by atoms with Crippen molar-refractivity contribution >= 4 is 11.9 Å². The third-order valence-electron chi connectivity index (χ3n) is 1.79. The Balaban J connectivity index is 2.42. The summed E-state index contributed by atoms with van der Waals surface area (Å²) < 4.78 is 4.97. The molecule has 0 aliphatic heterocycles. The summed E-state index contributed by atoms with van der Waals surface area (Å²) in [6, 6.07) is 2.88. The minimum Gasteiger partial charge on any atom is -0.475 e. The fourth-order valence-electron chi connectivity index (χ4n) is 1.12. The molecule has 0 spiro atoms. The van der Waals surface area contributed by atoms with E-state index in [4.69, 9.17) is 9.52 Å². The van der Waals surface area contributed by atoms with Crippen LogP contribution in [0.1, 0.15) is 16.3 Å². The molecule has 0 aromatic carbocycles. The summed E-state index contributed by atoms with van der Waals surface area (Å²) in [5, 5.41) is 11.2. The molecule has 0 unspecified atom stereocenters. The van der Waals surface area contributed by atoms with Crippen molar-refractivity contribution in [3.63, 3.8) is 0 Å². The van der Waals surface area contributed by atoms with Crippen molar-refractivity contribution in [3.05, 3.63) is 23.7 Å². The standard InChI is InChI=1S/C10H14N2O4/c1-12(2)6-9(13)11-5-7-3-4-8(16-7)10(14)15/h3-4H,5-6H2,1-2H3,(H,11,13)(H,14,15). The van der Waals surface area contributed by atoms with Crippen LogP contribution in [0.5, 0.6) is 0 Å². The van der Waals surface area contributed by atoms with E-state index < -0.39 is 5.97 Å². The van der Waals surface area contributed by atoms with Crippen molar-refractivity contribution in [1.82, 2.24) is 10.2 Å². The highest BCUT2D eigenvalue weighted by molar-refractivity contribution is 5.84. The first-order valence-corrected chi connectivity index (χ1v) is 4.72. The van der Waals surface area contributed by atoms with E-state index in [2.05, 4.69) is 5.32 Å². The van der Waals surface area contributed by atoms with E-state index in [1.807, 2.05) is 0 Å². The smallest absolute Gasteiger partial charge is 0.371 e. The number of hydrogen-bond donors (Lipinski definition) is 2. The van der Waals surface area contributed by atoms with Gasteiger partial charge in [0.2, 0.25) is 11.7 Å². The zero-order valence-corrected chi connectivity index (χ0v) is 9.19. The number of rotatable bonds is 5. The van der Waals surface area contributed by atoms with Crippen LogP contribution in [0, 0.1) is 0 Å². The highest BCUT2D eigenvalue weighted by Crippen LogP contribution is 2.07. The molecule has 0 fully saturated rings. The van der Waals surface area contributed by atoms with Crippen LogP contribution in [0.4, 0.5) is 0 Å². The Morgan fingerprint density at radius 2 is 2.12 bits per heavy atom. The molecule has 1 aromatic rings. The van der Waals surface area contributed by atoms with E-state index in [9.17, 15) is 9.59 Å². The van der Waals surface area contributed by atoms with E-state index >= 15 is 0 Å². The zero-order chi connectivity index (χ0) is 12.1. The fraction of sp³-hybridized carbons (Fsp3) is 0.400. The van der Waals surface area contributed by atoms with Crippen LogP contribution < -0.4 is 5.32 Å². The van der Waals surface area contributed by atoms with Crippen molar-refractivity contribution in [2.75, 3.05) is 20.6 Å². The van der Waals surface area contributed by atoms with Gasteiger partial charge in [0.25, 0.3) is 0 Å². The number of nitrogens with zero attached hydrogens (tertiary/aromatic N) is 1. The number of furan rings is 1.